The van der Waals surface area contributed by atoms with E-state index < -0.39 is 5.41 Å². The highest BCUT2D eigenvalue weighted by molar-refractivity contribution is 6.09. The van der Waals surface area contributed by atoms with Crippen LogP contribution in [-0.2, 0) is 6.42 Å². The van der Waals surface area contributed by atoms with Crippen LogP contribution in [0.5, 0.6) is 0 Å². The van der Waals surface area contributed by atoms with Crippen LogP contribution in [-0.4, -0.2) is 9.13 Å². The van der Waals surface area contributed by atoms with Gasteiger partial charge >= 0.3 is 0 Å². The molecule has 1 atom stereocenters. The lowest BCUT2D eigenvalue weighted by Gasteiger charge is -2.22. The molecule has 0 aliphatic heterocycles. The highest BCUT2D eigenvalue weighted by atomic mass is 15.0. The monoisotopic (exact) mass is 665 g/mol. The molecule has 2 heterocycles. The molecule has 52 heavy (non-hydrogen) atoms. The van der Waals surface area contributed by atoms with Crippen molar-refractivity contribution in [3.8, 4) is 51.8 Å². The van der Waals surface area contributed by atoms with Gasteiger partial charge in [-0.05, 0) is 96.6 Å². The van der Waals surface area contributed by atoms with E-state index in [1.165, 1.54) is 10.8 Å². The van der Waals surface area contributed by atoms with Crippen molar-refractivity contribution in [3.05, 3.63) is 162 Å². The molecular weight excluding hydrogens is 635 g/mol. The van der Waals surface area contributed by atoms with E-state index in [9.17, 15) is 15.8 Å². The van der Waals surface area contributed by atoms with Crippen molar-refractivity contribution < 1.29 is 0 Å². The van der Waals surface area contributed by atoms with Gasteiger partial charge in [0.1, 0.15) is 6.07 Å². The SMILES string of the molecule is CC1(C#N)C=Cc2c(c3c(n2-c2ccc(-c4cccc(-c5cc(C#N)ccc5-n5c6ccccc6c6ccccc65)c4)cc2)C(C#N)=CCC=C3)C1. The molecule has 244 valence electrons. The molecule has 0 saturated carbocycles. The van der Waals surface area contributed by atoms with Crippen molar-refractivity contribution in [3.63, 3.8) is 0 Å². The molecule has 5 nitrogen and oxygen atoms in total. The van der Waals surface area contributed by atoms with E-state index in [2.05, 4.69) is 143 Å². The number of aromatic nitrogens is 2. The number of allylic oxidation sites excluding steroid dienone is 4. The van der Waals surface area contributed by atoms with Crippen LogP contribution in [0.25, 0.3) is 73.2 Å². The molecule has 0 saturated heterocycles. The molecule has 0 amide bonds. The number of nitrogens with zero attached hydrogens (tertiary/aromatic N) is 5. The molecule has 5 heteroatoms. The van der Waals surface area contributed by atoms with E-state index >= 15 is 0 Å². The van der Waals surface area contributed by atoms with Crippen molar-refractivity contribution >= 4 is 39.5 Å². The molecule has 0 spiro atoms. The Hall–Kier alpha value is -7.13. The number of para-hydroxylation sites is 2. The predicted molar refractivity (Wildman–Crippen MR) is 209 cm³/mol. The van der Waals surface area contributed by atoms with Gasteiger partial charge in [-0.1, -0.05) is 91.0 Å². The van der Waals surface area contributed by atoms with Crippen molar-refractivity contribution in [2.45, 2.75) is 19.8 Å². The first kappa shape index (κ1) is 30.9. The van der Waals surface area contributed by atoms with Crippen LogP contribution < -0.4 is 0 Å². The van der Waals surface area contributed by atoms with Gasteiger partial charge in [0.25, 0.3) is 0 Å². The average Bonchev–Trinajstić information content (AvgIpc) is 3.60. The summed E-state index contributed by atoms with van der Waals surface area (Å²) in [5.41, 5.74) is 12.9. The summed E-state index contributed by atoms with van der Waals surface area (Å²) in [7, 11) is 0. The average molecular weight is 666 g/mol. The van der Waals surface area contributed by atoms with E-state index in [0.717, 1.165) is 67.2 Å². The number of benzene rings is 5. The maximum absolute atomic E-state index is 10.2. The molecule has 2 aromatic heterocycles. The topological polar surface area (TPSA) is 81.2 Å². The van der Waals surface area contributed by atoms with E-state index in [-0.39, 0.29) is 0 Å². The summed E-state index contributed by atoms with van der Waals surface area (Å²) in [6.45, 7) is 1.96. The molecule has 1 unspecified atom stereocenters. The van der Waals surface area contributed by atoms with Crippen molar-refractivity contribution in [2.75, 3.05) is 0 Å². The van der Waals surface area contributed by atoms with Gasteiger partial charge in [0.05, 0.1) is 51.1 Å². The summed E-state index contributed by atoms with van der Waals surface area (Å²) in [4.78, 5) is 0. The standard InChI is InChI=1S/C47H31N5/c1-47(30-50)24-23-45-41(27-47)39-14-3-2-9-35(29-49)46(39)51(45)36-20-18-32(19-21-36)33-10-8-11-34(26-33)40-25-31(28-48)17-22-44(40)52-42-15-6-4-12-37(42)38-13-5-7-16-43(38)52/h3-26H,2,27H2,1H3. The number of nitriles is 3. The lowest BCUT2D eigenvalue weighted by molar-refractivity contribution is 0.559. The minimum atomic E-state index is -0.605. The van der Waals surface area contributed by atoms with Gasteiger partial charge in [0, 0.05) is 33.3 Å². The van der Waals surface area contributed by atoms with Crippen LogP contribution in [0.3, 0.4) is 0 Å². The molecule has 7 aromatic rings. The molecule has 0 bridgehead atoms. The predicted octanol–water partition coefficient (Wildman–Crippen LogP) is 11.2. The summed E-state index contributed by atoms with van der Waals surface area (Å²) in [6, 6.07) is 47.1. The quantitative estimate of drug-likeness (QED) is 0.188. The Morgan fingerprint density at radius 2 is 1.40 bits per heavy atom. The Kier molecular flexibility index (Phi) is 7.15. The van der Waals surface area contributed by atoms with E-state index in [1.807, 2.05) is 37.3 Å². The van der Waals surface area contributed by atoms with Crippen molar-refractivity contribution in [1.29, 1.82) is 15.8 Å². The maximum atomic E-state index is 10.2. The Morgan fingerprint density at radius 1 is 0.673 bits per heavy atom. The molecule has 0 fully saturated rings. The van der Waals surface area contributed by atoms with E-state index in [1.54, 1.807) is 0 Å². The largest absolute Gasteiger partial charge is 0.309 e. The second-order valence-electron chi connectivity index (χ2n) is 13.7. The molecule has 2 aliphatic carbocycles. The highest BCUT2D eigenvalue weighted by Crippen LogP contribution is 2.43. The minimum absolute atomic E-state index is 0.585. The number of fused-ring (bicyclic) bond motifs is 6. The van der Waals surface area contributed by atoms with Crippen molar-refractivity contribution in [1.82, 2.24) is 9.13 Å². The lowest BCUT2D eigenvalue weighted by Crippen LogP contribution is -2.18. The highest BCUT2D eigenvalue weighted by Gasteiger charge is 2.33. The van der Waals surface area contributed by atoms with Gasteiger partial charge in [-0.3, -0.25) is 0 Å². The third-order valence-electron chi connectivity index (χ3n) is 10.5. The first-order chi connectivity index (χ1) is 25.5. The molecular formula is C47H31N5. The van der Waals surface area contributed by atoms with Gasteiger partial charge in [-0.2, -0.15) is 15.8 Å². The normalized spacial score (nSPS) is 16.0. The molecule has 2 aliphatic rings. The summed E-state index contributed by atoms with van der Waals surface area (Å²) < 4.78 is 4.48. The van der Waals surface area contributed by atoms with Crippen molar-refractivity contribution in [2.24, 2.45) is 5.41 Å². The third-order valence-corrected chi connectivity index (χ3v) is 10.5. The Balaban J connectivity index is 1.16. The molecule has 5 aromatic carbocycles. The fraction of sp³-hybridized carbons (Fsp3) is 0.0851. The van der Waals surface area contributed by atoms with Crippen LogP contribution in [0, 0.1) is 39.4 Å². The van der Waals surface area contributed by atoms with Gasteiger partial charge in [-0.25, -0.2) is 0 Å². The third kappa shape index (κ3) is 4.82. The second kappa shape index (κ2) is 12.0. The summed E-state index contributed by atoms with van der Waals surface area (Å²) in [5, 5.41) is 32.5. The molecule has 0 N–H and O–H groups in total. The fourth-order valence-electron chi connectivity index (χ4n) is 7.95. The van der Waals surface area contributed by atoms with Crippen LogP contribution in [0.4, 0.5) is 0 Å². The smallest absolute Gasteiger partial charge is 0.101 e. The first-order valence-corrected chi connectivity index (χ1v) is 17.4. The zero-order valence-corrected chi connectivity index (χ0v) is 28.5. The van der Waals surface area contributed by atoms with Crippen LogP contribution in [0.1, 0.15) is 41.4 Å². The van der Waals surface area contributed by atoms with Crippen LogP contribution >= 0.6 is 0 Å². The Morgan fingerprint density at radius 3 is 2.12 bits per heavy atom. The van der Waals surface area contributed by atoms with Gasteiger partial charge in [0.15, 0.2) is 0 Å². The number of hydrogen-bond donors (Lipinski definition) is 0. The number of hydrogen-bond acceptors (Lipinski definition) is 3. The van der Waals surface area contributed by atoms with Crippen LogP contribution in [0.15, 0.2) is 133 Å². The summed E-state index contributed by atoms with van der Waals surface area (Å²) in [6.07, 6.45) is 11.5. The molecule has 0 radical (unpaired) electrons. The zero-order chi connectivity index (χ0) is 35.4. The Bertz CT molecular complexity index is 2780. The maximum Gasteiger partial charge on any atom is 0.101 e. The zero-order valence-electron chi connectivity index (χ0n) is 28.5. The second-order valence-corrected chi connectivity index (χ2v) is 13.7. The van der Waals surface area contributed by atoms with E-state index in [4.69, 9.17) is 0 Å². The number of rotatable bonds is 4. The Labute approximate surface area is 302 Å². The molecule has 9 rings (SSSR count). The minimum Gasteiger partial charge on any atom is -0.309 e. The van der Waals surface area contributed by atoms with E-state index in [0.29, 0.717) is 24.0 Å². The fourth-order valence-corrected chi connectivity index (χ4v) is 7.95. The first-order valence-electron chi connectivity index (χ1n) is 17.4. The summed E-state index contributed by atoms with van der Waals surface area (Å²) >= 11 is 0. The summed E-state index contributed by atoms with van der Waals surface area (Å²) in [5.74, 6) is 0. The lowest BCUT2D eigenvalue weighted by atomic mass is 9.79. The van der Waals surface area contributed by atoms with Crippen LogP contribution in [0.2, 0.25) is 0 Å². The van der Waals surface area contributed by atoms with Gasteiger partial charge in [-0.15, -0.1) is 0 Å². The van der Waals surface area contributed by atoms with Gasteiger partial charge < -0.3 is 9.13 Å². The van der Waals surface area contributed by atoms with Gasteiger partial charge in [0.2, 0.25) is 0 Å².